The maximum Gasteiger partial charge on any atom is 0.193 e. The van der Waals surface area contributed by atoms with Crippen LogP contribution in [0, 0.1) is 11.8 Å². The summed E-state index contributed by atoms with van der Waals surface area (Å²) < 4.78 is 23.5. The summed E-state index contributed by atoms with van der Waals surface area (Å²) in [4.78, 5) is 7.19. The summed E-state index contributed by atoms with van der Waals surface area (Å²) in [6, 6.07) is 10.7. The molecular formula is C21H33N3O2S. The van der Waals surface area contributed by atoms with Crippen molar-refractivity contribution in [2.45, 2.75) is 39.0 Å². The Labute approximate surface area is 164 Å². The summed E-state index contributed by atoms with van der Waals surface area (Å²) in [6.45, 7) is 10.0. The van der Waals surface area contributed by atoms with E-state index < -0.39 is 9.84 Å². The summed E-state index contributed by atoms with van der Waals surface area (Å²) in [5.41, 5.74) is 1.50. The first-order valence-electron chi connectivity index (χ1n) is 10.1. The van der Waals surface area contributed by atoms with Crippen molar-refractivity contribution < 1.29 is 8.42 Å². The van der Waals surface area contributed by atoms with E-state index in [-0.39, 0.29) is 11.3 Å². The van der Waals surface area contributed by atoms with Crippen molar-refractivity contribution in [1.82, 2.24) is 10.2 Å². The van der Waals surface area contributed by atoms with E-state index in [4.69, 9.17) is 4.99 Å². The van der Waals surface area contributed by atoms with E-state index >= 15 is 0 Å². The molecular weight excluding hydrogens is 358 g/mol. The van der Waals surface area contributed by atoms with Crippen molar-refractivity contribution in [2.75, 3.05) is 37.7 Å². The van der Waals surface area contributed by atoms with Gasteiger partial charge in [-0.05, 0) is 30.2 Å². The van der Waals surface area contributed by atoms with Crippen molar-refractivity contribution in [1.29, 1.82) is 0 Å². The fourth-order valence-corrected chi connectivity index (χ4v) is 5.89. The third kappa shape index (κ3) is 5.24. The third-order valence-electron chi connectivity index (χ3n) is 5.73. The minimum absolute atomic E-state index is 0.123. The smallest absolute Gasteiger partial charge is 0.193 e. The van der Waals surface area contributed by atoms with Gasteiger partial charge in [-0.3, -0.25) is 4.99 Å². The summed E-state index contributed by atoms with van der Waals surface area (Å²) in [7, 11) is -2.84. The van der Waals surface area contributed by atoms with Gasteiger partial charge in [0.05, 0.1) is 11.5 Å². The fourth-order valence-electron chi connectivity index (χ4n) is 4.02. The number of likely N-dealkylation sites (tertiary alicyclic amines) is 1. The SMILES string of the molecule is CC(C)CN=C(NCC1CCS(=O)(=O)C1)N1CCC(C)(c2ccccc2)C1. The maximum absolute atomic E-state index is 11.7. The van der Waals surface area contributed by atoms with Gasteiger partial charge in [-0.1, -0.05) is 51.1 Å². The molecule has 0 bridgehead atoms. The summed E-state index contributed by atoms with van der Waals surface area (Å²) in [5.74, 6) is 2.26. The van der Waals surface area contributed by atoms with Crippen molar-refractivity contribution in [3.05, 3.63) is 35.9 Å². The van der Waals surface area contributed by atoms with Gasteiger partial charge in [0.1, 0.15) is 0 Å². The van der Waals surface area contributed by atoms with Gasteiger partial charge in [0, 0.05) is 31.6 Å². The Morgan fingerprint density at radius 2 is 2.07 bits per heavy atom. The van der Waals surface area contributed by atoms with Crippen molar-refractivity contribution in [3.63, 3.8) is 0 Å². The molecule has 2 atom stereocenters. The molecule has 150 valence electrons. The van der Waals surface area contributed by atoms with Crippen LogP contribution in [0.3, 0.4) is 0 Å². The fraction of sp³-hybridized carbons (Fsp3) is 0.667. The molecule has 27 heavy (non-hydrogen) atoms. The average molecular weight is 392 g/mol. The third-order valence-corrected chi connectivity index (χ3v) is 7.56. The quantitative estimate of drug-likeness (QED) is 0.619. The van der Waals surface area contributed by atoms with Crippen LogP contribution < -0.4 is 5.32 Å². The highest BCUT2D eigenvalue weighted by Crippen LogP contribution is 2.34. The van der Waals surface area contributed by atoms with E-state index in [1.54, 1.807) is 0 Å². The predicted octanol–water partition coefficient (Wildman–Crippen LogP) is 2.69. The summed E-state index contributed by atoms with van der Waals surface area (Å²) in [5, 5.41) is 3.50. The minimum Gasteiger partial charge on any atom is -0.356 e. The number of aliphatic imine (C=N–C) groups is 1. The second-order valence-corrected chi connectivity index (χ2v) is 11.0. The number of sulfone groups is 1. The van der Waals surface area contributed by atoms with Crippen LogP contribution in [0.25, 0.3) is 0 Å². The van der Waals surface area contributed by atoms with Gasteiger partial charge in [-0.2, -0.15) is 0 Å². The Bertz CT molecular complexity index is 761. The van der Waals surface area contributed by atoms with E-state index in [9.17, 15) is 8.42 Å². The summed E-state index contributed by atoms with van der Waals surface area (Å²) in [6.07, 6.45) is 1.85. The highest BCUT2D eigenvalue weighted by atomic mass is 32.2. The zero-order valence-electron chi connectivity index (χ0n) is 16.8. The Hall–Kier alpha value is -1.56. The predicted molar refractivity (Wildman–Crippen MR) is 112 cm³/mol. The number of hydrogen-bond acceptors (Lipinski definition) is 3. The Kier molecular flexibility index (Phi) is 6.14. The highest BCUT2D eigenvalue weighted by Gasteiger charge is 2.37. The molecule has 2 saturated heterocycles. The molecule has 2 aliphatic heterocycles. The van der Waals surface area contributed by atoms with E-state index in [0.717, 1.165) is 38.4 Å². The molecule has 0 aromatic heterocycles. The van der Waals surface area contributed by atoms with Gasteiger partial charge in [0.2, 0.25) is 0 Å². The molecule has 0 saturated carbocycles. The first kappa shape index (κ1) is 20.2. The molecule has 0 amide bonds. The zero-order chi connectivity index (χ0) is 19.5. The number of nitrogens with zero attached hydrogens (tertiary/aromatic N) is 2. The normalized spacial score (nSPS) is 28.1. The first-order chi connectivity index (χ1) is 12.8. The lowest BCUT2D eigenvalue weighted by Gasteiger charge is -2.28. The number of guanidine groups is 1. The molecule has 0 aliphatic carbocycles. The minimum atomic E-state index is -2.84. The Morgan fingerprint density at radius 1 is 1.33 bits per heavy atom. The van der Waals surface area contributed by atoms with Gasteiger partial charge in [-0.15, -0.1) is 0 Å². The van der Waals surface area contributed by atoms with Crippen LogP contribution in [-0.4, -0.2) is 57.0 Å². The number of hydrogen-bond donors (Lipinski definition) is 1. The van der Waals surface area contributed by atoms with Crippen molar-refractivity contribution in [3.8, 4) is 0 Å². The molecule has 2 heterocycles. The average Bonchev–Trinajstić information content (AvgIpc) is 3.19. The number of benzene rings is 1. The zero-order valence-corrected chi connectivity index (χ0v) is 17.6. The topological polar surface area (TPSA) is 61.8 Å². The van der Waals surface area contributed by atoms with Crippen LogP contribution in [-0.2, 0) is 15.3 Å². The molecule has 6 heteroatoms. The van der Waals surface area contributed by atoms with Gasteiger partial charge in [0.15, 0.2) is 15.8 Å². The monoisotopic (exact) mass is 391 g/mol. The second kappa shape index (κ2) is 8.21. The van der Waals surface area contributed by atoms with Crippen LogP contribution in [0.4, 0.5) is 0 Å². The van der Waals surface area contributed by atoms with Crippen LogP contribution in [0.1, 0.15) is 39.2 Å². The molecule has 0 spiro atoms. The van der Waals surface area contributed by atoms with E-state index in [2.05, 4.69) is 61.3 Å². The number of nitrogens with one attached hydrogen (secondary N) is 1. The lowest BCUT2D eigenvalue weighted by molar-refractivity contribution is 0.430. The highest BCUT2D eigenvalue weighted by molar-refractivity contribution is 7.91. The maximum atomic E-state index is 11.7. The van der Waals surface area contributed by atoms with Crippen LogP contribution in [0.5, 0.6) is 0 Å². The lowest BCUT2D eigenvalue weighted by atomic mass is 9.82. The second-order valence-electron chi connectivity index (χ2n) is 8.81. The van der Waals surface area contributed by atoms with E-state index in [1.165, 1.54) is 5.56 Å². The van der Waals surface area contributed by atoms with Gasteiger partial charge in [-0.25, -0.2) is 8.42 Å². The molecule has 1 aromatic carbocycles. The largest absolute Gasteiger partial charge is 0.356 e. The number of rotatable bonds is 5. The van der Waals surface area contributed by atoms with E-state index in [1.807, 2.05) is 0 Å². The molecule has 2 unspecified atom stereocenters. The van der Waals surface area contributed by atoms with Crippen molar-refractivity contribution in [2.24, 2.45) is 16.8 Å². The molecule has 1 aromatic rings. The molecule has 2 fully saturated rings. The van der Waals surface area contributed by atoms with Gasteiger partial charge >= 0.3 is 0 Å². The lowest BCUT2D eigenvalue weighted by Crippen LogP contribution is -2.43. The Balaban J connectivity index is 1.67. The molecule has 5 nitrogen and oxygen atoms in total. The van der Waals surface area contributed by atoms with Gasteiger partial charge < -0.3 is 10.2 Å². The molecule has 2 aliphatic rings. The molecule has 0 radical (unpaired) electrons. The van der Waals surface area contributed by atoms with Crippen LogP contribution >= 0.6 is 0 Å². The van der Waals surface area contributed by atoms with Gasteiger partial charge in [0.25, 0.3) is 0 Å². The van der Waals surface area contributed by atoms with E-state index in [0.29, 0.717) is 24.0 Å². The van der Waals surface area contributed by atoms with Crippen LogP contribution in [0.2, 0.25) is 0 Å². The Morgan fingerprint density at radius 3 is 2.70 bits per heavy atom. The van der Waals surface area contributed by atoms with Crippen LogP contribution in [0.15, 0.2) is 35.3 Å². The summed E-state index contributed by atoms with van der Waals surface area (Å²) >= 11 is 0. The molecule has 3 rings (SSSR count). The first-order valence-corrected chi connectivity index (χ1v) is 11.9. The standard InChI is InChI=1S/C21H33N3O2S/c1-17(2)13-22-20(23-14-18-9-12-27(25,26)15-18)24-11-10-21(3,16-24)19-7-5-4-6-8-19/h4-8,17-18H,9-16H2,1-3H3,(H,22,23). The van der Waals surface area contributed by atoms with Crippen molar-refractivity contribution >= 4 is 15.8 Å². The molecule has 1 N–H and O–H groups in total.